The van der Waals surface area contributed by atoms with Crippen LogP contribution in [0.5, 0.6) is 11.5 Å². The van der Waals surface area contributed by atoms with Crippen molar-refractivity contribution in [1.82, 2.24) is 10.3 Å². The second-order valence-electron chi connectivity index (χ2n) is 7.58. The van der Waals surface area contributed by atoms with Crippen molar-refractivity contribution in [2.45, 2.75) is 32.7 Å². The van der Waals surface area contributed by atoms with E-state index in [-0.39, 0.29) is 11.2 Å². The average molecular weight is 370 g/mol. The first-order chi connectivity index (χ1) is 12.9. The summed E-state index contributed by atoms with van der Waals surface area (Å²) >= 11 is 0. The van der Waals surface area contributed by atoms with E-state index in [9.17, 15) is 4.79 Å². The summed E-state index contributed by atoms with van der Waals surface area (Å²) in [6.07, 6.45) is 1.18. The van der Waals surface area contributed by atoms with Crippen molar-refractivity contribution in [2.75, 3.05) is 24.9 Å². The number of para-hydroxylation sites is 1. The van der Waals surface area contributed by atoms with Gasteiger partial charge in [-0.3, -0.25) is 4.79 Å². The Morgan fingerprint density at radius 3 is 2.67 bits per heavy atom. The Balaban J connectivity index is 1.92. The second-order valence-corrected chi connectivity index (χ2v) is 7.58. The van der Waals surface area contributed by atoms with E-state index in [4.69, 9.17) is 14.1 Å². The first-order valence-corrected chi connectivity index (χ1v) is 8.77. The van der Waals surface area contributed by atoms with Crippen LogP contribution in [0.3, 0.4) is 0 Å². The van der Waals surface area contributed by atoms with E-state index in [1.54, 1.807) is 14.2 Å². The number of Topliss-reactive ketones (excluding diaryl/α,β-unsaturated/α-hetero) is 1. The Labute approximate surface area is 156 Å². The highest BCUT2D eigenvalue weighted by molar-refractivity contribution is 6.00. The summed E-state index contributed by atoms with van der Waals surface area (Å²) in [5.41, 5.74) is 2.14. The summed E-state index contributed by atoms with van der Waals surface area (Å²) in [5, 5.41) is 14.4. The highest BCUT2D eigenvalue weighted by Gasteiger charge is 2.40. The molecular formula is C19H22N4O4. The van der Waals surface area contributed by atoms with Crippen LogP contribution < -0.4 is 20.1 Å². The van der Waals surface area contributed by atoms with Crippen LogP contribution >= 0.6 is 0 Å². The first kappa shape index (κ1) is 17.4. The largest absolute Gasteiger partial charge is 0.493 e. The number of allylic oxidation sites excluding steroid dienone is 1. The Morgan fingerprint density at radius 2 is 1.93 bits per heavy atom. The highest BCUT2D eigenvalue weighted by Crippen LogP contribution is 2.47. The van der Waals surface area contributed by atoms with Gasteiger partial charge in [-0.15, -0.1) is 0 Å². The summed E-state index contributed by atoms with van der Waals surface area (Å²) in [6, 6.07) is 5.14. The summed E-state index contributed by atoms with van der Waals surface area (Å²) in [6.45, 7) is 4.16. The number of ether oxygens (including phenoxy) is 2. The van der Waals surface area contributed by atoms with Gasteiger partial charge in [0.05, 0.1) is 20.3 Å². The lowest BCUT2D eigenvalue weighted by Crippen LogP contribution is -2.31. The number of methoxy groups -OCH3 is 2. The molecule has 0 saturated heterocycles. The third-order valence-corrected chi connectivity index (χ3v) is 4.99. The lowest BCUT2D eigenvalue weighted by Gasteiger charge is -2.34. The number of fused-ring (bicyclic) bond motifs is 1. The molecule has 2 heterocycles. The predicted molar refractivity (Wildman–Crippen MR) is 98.9 cm³/mol. The predicted octanol–water partition coefficient (Wildman–Crippen LogP) is 3.31. The van der Waals surface area contributed by atoms with Crippen LogP contribution in [0.4, 0.5) is 11.6 Å². The lowest BCUT2D eigenvalue weighted by atomic mass is 9.73. The standard InChI is InChI=1S/C19H22N4O4/c1-19(2)8-11-14(12(24)9-19)15(21-18-17(20-11)22-27-23-18)10-6-5-7-13(25-3)16(10)26-4/h5-7,15H,8-9H2,1-4H3,(H,20,22)(H,21,23)/t15-/m0/s1. The fourth-order valence-electron chi connectivity index (χ4n) is 3.87. The molecule has 2 N–H and O–H groups in total. The van der Waals surface area contributed by atoms with Crippen molar-refractivity contribution in [1.29, 1.82) is 0 Å². The molecule has 8 nitrogen and oxygen atoms in total. The van der Waals surface area contributed by atoms with E-state index in [0.29, 0.717) is 41.5 Å². The average Bonchev–Trinajstić information content (AvgIpc) is 2.99. The molecule has 0 radical (unpaired) electrons. The van der Waals surface area contributed by atoms with Crippen LogP contribution in [0.15, 0.2) is 34.1 Å². The van der Waals surface area contributed by atoms with E-state index < -0.39 is 6.04 Å². The van der Waals surface area contributed by atoms with Crippen LogP contribution in [-0.4, -0.2) is 30.3 Å². The van der Waals surface area contributed by atoms with Crippen molar-refractivity contribution in [3.8, 4) is 11.5 Å². The van der Waals surface area contributed by atoms with E-state index in [0.717, 1.165) is 11.3 Å². The van der Waals surface area contributed by atoms with Crippen molar-refractivity contribution in [3.63, 3.8) is 0 Å². The zero-order valence-electron chi connectivity index (χ0n) is 15.8. The molecule has 1 aliphatic heterocycles. The molecule has 1 aromatic carbocycles. The third kappa shape index (κ3) is 2.90. The smallest absolute Gasteiger partial charge is 0.219 e. The molecule has 27 heavy (non-hydrogen) atoms. The summed E-state index contributed by atoms with van der Waals surface area (Å²) in [7, 11) is 3.17. The molecule has 1 aliphatic carbocycles. The zero-order valence-corrected chi connectivity index (χ0v) is 15.8. The second kappa shape index (κ2) is 6.29. The third-order valence-electron chi connectivity index (χ3n) is 4.99. The van der Waals surface area contributed by atoms with Gasteiger partial charge in [0.25, 0.3) is 0 Å². The Kier molecular flexibility index (Phi) is 4.05. The SMILES string of the molecule is COc1cccc([C@@H]2Nc3nonc3NC3=C2C(=O)CC(C)(C)C3)c1OC. The van der Waals surface area contributed by atoms with Crippen LogP contribution in [0.1, 0.15) is 38.3 Å². The molecule has 2 aromatic rings. The summed E-state index contributed by atoms with van der Waals surface area (Å²) in [4.78, 5) is 13.1. The van der Waals surface area contributed by atoms with Crippen molar-refractivity contribution >= 4 is 17.4 Å². The molecule has 1 aromatic heterocycles. The lowest BCUT2D eigenvalue weighted by molar-refractivity contribution is -0.118. The molecule has 0 saturated carbocycles. The van der Waals surface area contributed by atoms with Gasteiger partial charge in [-0.05, 0) is 28.2 Å². The number of carbonyl (C=O) groups excluding carboxylic acids is 1. The number of rotatable bonds is 3. The van der Waals surface area contributed by atoms with E-state index in [2.05, 4.69) is 34.8 Å². The van der Waals surface area contributed by atoms with Gasteiger partial charge in [0.15, 0.2) is 17.3 Å². The number of benzene rings is 1. The molecule has 0 unspecified atom stereocenters. The van der Waals surface area contributed by atoms with Gasteiger partial charge in [0.2, 0.25) is 11.6 Å². The molecule has 0 bridgehead atoms. The maximum Gasteiger partial charge on any atom is 0.219 e. The van der Waals surface area contributed by atoms with E-state index >= 15 is 0 Å². The van der Waals surface area contributed by atoms with Crippen LogP contribution in [0.25, 0.3) is 0 Å². The number of hydrogen-bond donors (Lipinski definition) is 2. The normalized spacial score (nSPS) is 20.7. The monoisotopic (exact) mass is 370 g/mol. The minimum absolute atomic E-state index is 0.0817. The van der Waals surface area contributed by atoms with E-state index in [1.165, 1.54) is 0 Å². The highest BCUT2D eigenvalue weighted by atomic mass is 16.6. The zero-order chi connectivity index (χ0) is 19.2. The van der Waals surface area contributed by atoms with Crippen LogP contribution in [0.2, 0.25) is 0 Å². The first-order valence-electron chi connectivity index (χ1n) is 8.77. The van der Waals surface area contributed by atoms with Crippen molar-refractivity contribution in [2.24, 2.45) is 5.41 Å². The topological polar surface area (TPSA) is 98.5 Å². The molecule has 0 amide bonds. The van der Waals surface area contributed by atoms with E-state index in [1.807, 2.05) is 18.2 Å². The van der Waals surface area contributed by atoms with Crippen molar-refractivity contribution < 1.29 is 18.9 Å². The molecule has 4 rings (SSSR count). The van der Waals surface area contributed by atoms with Gasteiger partial charge in [-0.1, -0.05) is 26.0 Å². The summed E-state index contributed by atoms with van der Waals surface area (Å²) < 4.78 is 15.9. The molecule has 0 spiro atoms. The minimum atomic E-state index is -0.464. The molecule has 0 fully saturated rings. The Morgan fingerprint density at radius 1 is 1.15 bits per heavy atom. The molecule has 2 aliphatic rings. The number of hydrogen-bond acceptors (Lipinski definition) is 8. The number of nitrogens with one attached hydrogen (secondary N) is 2. The Bertz CT molecular complexity index is 932. The van der Waals surface area contributed by atoms with Crippen LogP contribution in [0, 0.1) is 5.41 Å². The minimum Gasteiger partial charge on any atom is -0.493 e. The molecular weight excluding hydrogens is 348 g/mol. The summed E-state index contributed by atoms with van der Waals surface area (Å²) in [5.74, 6) is 2.17. The maximum atomic E-state index is 13.1. The quantitative estimate of drug-likeness (QED) is 0.849. The molecule has 8 heteroatoms. The number of carbonyl (C=O) groups is 1. The number of ketones is 1. The van der Waals surface area contributed by atoms with Gasteiger partial charge in [0, 0.05) is 23.3 Å². The van der Waals surface area contributed by atoms with Crippen LogP contribution in [-0.2, 0) is 4.79 Å². The van der Waals surface area contributed by atoms with Gasteiger partial charge < -0.3 is 20.1 Å². The number of nitrogens with zero attached hydrogens (tertiary/aromatic N) is 2. The fourth-order valence-corrected chi connectivity index (χ4v) is 3.87. The van der Waals surface area contributed by atoms with Gasteiger partial charge in [0.1, 0.15) is 0 Å². The Hall–Kier alpha value is -3.03. The van der Waals surface area contributed by atoms with Gasteiger partial charge in [-0.2, -0.15) is 0 Å². The number of aromatic nitrogens is 2. The fraction of sp³-hybridized carbons (Fsp3) is 0.421. The maximum absolute atomic E-state index is 13.1. The molecule has 1 atom stereocenters. The number of anilines is 2. The van der Waals surface area contributed by atoms with Crippen molar-refractivity contribution in [3.05, 3.63) is 35.0 Å². The van der Waals surface area contributed by atoms with Gasteiger partial charge >= 0.3 is 0 Å². The molecule has 142 valence electrons. The van der Waals surface area contributed by atoms with Gasteiger partial charge in [-0.25, -0.2) is 4.63 Å².